The van der Waals surface area contributed by atoms with Crippen molar-refractivity contribution in [1.82, 2.24) is 10.2 Å². The fourth-order valence-corrected chi connectivity index (χ4v) is 3.34. The lowest BCUT2D eigenvalue weighted by Gasteiger charge is -2.32. The van der Waals surface area contributed by atoms with Gasteiger partial charge in [0.05, 0.1) is 0 Å². The van der Waals surface area contributed by atoms with Crippen molar-refractivity contribution in [2.75, 3.05) is 19.6 Å². The first-order chi connectivity index (χ1) is 8.28. The lowest BCUT2D eigenvalue weighted by Crippen LogP contribution is -2.42. The summed E-state index contributed by atoms with van der Waals surface area (Å²) in [7, 11) is 0. The molecule has 1 N–H and O–H groups in total. The molecular weight excluding hydrogens is 228 g/mol. The highest BCUT2D eigenvalue weighted by Gasteiger charge is 2.17. The van der Waals surface area contributed by atoms with Crippen LogP contribution in [0.1, 0.15) is 35.9 Å². The Balaban J connectivity index is 1.68. The third-order valence-corrected chi connectivity index (χ3v) is 4.49. The normalized spacial score (nSPS) is 18.7. The zero-order valence-corrected chi connectivity index (χ0v) is 11.9. The maximum Gasteiger partial charge on any atom is 0.0302 e. The number of nitrogens with one attached hydrogen (secondary N) is 1. The van der Waals surface area contributed by atoms with Crippen LogP contribution in [0.3, 0.4) is 0 Å². The average Bonchev–Trinajstić information content (AvgIpc) is 2.75. The van der Waals surface area contributed by atoms with Gasteiger partial charge in [-0.15, -0.1) is 11.3 Å². The second-order valence-electron chi connectivity index (χ2n) is 5.01. The van der Waals surface area contributed by atoms with Gasteiger partial charge in [-0.25, -0.2) is 0 Å². The summed E-state index contributed by atoms with van der Waals surface area (Å²) in [5.74, 6) is 0. The molecule has 1 fully saturated rings. The number of aryl methyl sites for hydroxylation is 1. The average molecular weight is 252 g/mol. The molecule has 2 heterocycles. The Hall–Kier alpha value is -0.380. The van der Waals surface area contributed by atoms with Crippen LogP contribution in [-0.4, -0.2) is 30.6 Å². The van der Waals surface area contributed by atoms with Crippen molar-refractivity contribution in [3.05, 3.63) is 21.9 Å². The molecule has 0 spiro atoms. The summed E-state index contributed by atoms with van der Waals surface area (Å²) in [5.41, 5.74) is 0. The number of hydrogen-bond acceptors (Lipinski definition) is 3. The first-order valence-corrected chi connectivity index (χ1v) is 7.60. The van der Waals surface area contributed by atoms with Crippen molar-refractivity contribution in [3.63, 3.8) is 0 Å². The number of piperidine rings is 1. The van der Waals surface area contributed by atoms with Gasteiger partial charge < -0.3 is 10.2 Å². The lowest BCUT2D eigenvalue weighted by molar-refractivity contribution is 0.197. The number of likely N-dealkylation sites (tertiary alicyclic amines) is 1. The van der Waals surface area contributed by atoms with Gasteiger partial charge in [0.25, 0.3) is 0 Å². The van der Waals surface area contributed by atoms with Crippen molar-refractivity contribution in [1.29, 1.82) is 0 Å². The molecule has 0 aliphatic carbocycles. The minimum Gasteiger partial charge on any atom is -0.309 e. The van der Waals surface area contributed by atoms with Crippen molar-refractivity contribution in [2.24, 2.45) is 0 Å². The fraction of sp³-hybridized carbons (Fsp3) is 0.714. The van der Waals surface area contributed by atoms with Gasteiger partial charge in [0.1, 0.15) is 0 Å². The summed E-state index contributed by atoms with van der Waals surface area (Å²) in [6.07, 6.45) is 3.90. The molecule has 0 atom stereocenters. The largest absolute Gasteiger partial charge is 0.309 e. The van der Waals surface area contributed by atoms with E-state index < -0.39 is 0 Å². The molecule has 0 radical (unpaired) electrons. The molecule has 0 bridgehead atoms. The zero-order valence-electron chi connectivity index (χ0n) is 11.0. The molecule has 0 saturated carbocycles. The number of rotatable bonds is 5. The predicted octanol–water partition coefficient (Wildman–Crippen LogP) is 3.02. The van der Waals surface area contributed by atoms with E-state index in [1.165, 1.54) is 48.7 Å². The topological polar surface area (TPSA) is 15.3 Å². The Morgan fingerprint density at radius 2 is 2.12 bits per heavy atom. The van der Waals surface area contributed by atoms with E-state index in [1.807, 2.05) is 11.3 Å². The highest BCUT2D eigenvalue weighted by atomic mass is 32.1. The molecule has 1 aliphatic rings. The maximum atomic E-state index is 3.70. The van der Waals surface area contributed by atoms with Crippen molar-refractivity contribution in [2.45, 2.75) is 45.7 Å². The summed E-state index contributed by atoms with van der Waals surface area (Å²) in [5, 5.41) is 3.70. The molecule has 3 heteroatoms. The van der Waals surface area contributed by atoms with Gasteiger partial charge in [0.2, 0.25) is 0 Å². The highest BCUT2D eigenvalue weighted by Crippen LogP contribution is 2.16. The Morgan fingerprint density at radius 3 is 2.71 bits per heavy atom. The van der Waals surface area contributed by atoms with E-state index in [2.05, 4.69) is 36.2 Å². The third-order valence-electron chi connectivity index (χ3n) is 3.49. The van der Waals surface area contributed by atoms with Crippen LogP contribution in [0.4, 0.5) is 0 Å². The highest BCUT2D eigenvalue weighted by molar-refractivity contribution is 7.11. The fourth-order valence-electron chi connectivity index (χ4n) is 2.50. The minimum atomic E-state index is 0.727. The molecule has 0 unspecified atom stereocenters. The molecule has 2 rings (SSSR count). The van der Waals surface area contributed by atoms with Gasteiger partial charge in [-0.3, -0.25) is 0 Å². The molecule has 0 amide bonds. The first kappa shape index (κ1) is 13.1. The summed E-state index contributed by atoms with van der Waals surface area (Å²) in [4.78, 5) is 5.48. The molecule has 1 aromatic heterocycles. The predicted molar refractivity (Wildman–Crippen MR) is 75.6 cm³/mol. The summed E-state index contributed by atoms with van der Waals surface area (Å²) < 4.78 is 0. The molecule has 1 aromatic rings. The van der Waals surface area contributed by atoms with Crippen LogP contribution in [0.25, 0.3) is 0 Å². The van der Waals surface area contributed by atoms with Gasteiger partial charge in [0, 0.05) is 22.3 Å². The summed E-state index contributed by atoms with van der Waals surface area (Å²) in [6.45, 7) is 9.32. The van der Waals surface area contributed by atoms with Crippen molar-refractivity contribution < 1.29 is 0 Å². The van der Waals surface area contributed by atoms with Crippen molar-refractivity contribution >= 4 is 11.3 Å². The van der Waals surface area contributed by atoms with E-state index in [4.69, 9.17) is 0 Å². The smallest absolute Gasteiger partial charge is 0.0302 e. The number of thiophene rings is 1. The van der Waals surface area contributed by atoms with E-state index >= 15 is 0 Å². The van der Waals surface area contributed by atoms with Crippen molar-refractivity contribution in [3.8, 4) is 0 Å². The van der Waals surface area contributed by atoms with Crippen LogP contribution in [-0.2, 0) is 6.54 Å². The SMILES string of the molecule is CCCN1CCC(NCc2ccc(C)s2)CC1. The Bertz CT molecular complexity index is 327. The van der Waals surface area contributed by atoms with E-state index in [0.29, 0.717) is 0 Å². The Kier molecular flexibility index (Phi) is 5.01. The van der Waals surface area contributed by atoms with Crippen LogP contribution in [0.5, 0.6) is 0 Å². The number of hydrogen-bond donors (Lipinski definition) is 1. The van der Waals surface area contributed by atoms with E-state index in [1.54, 1.807) is 0 Å². The van der Waals surface area contributed by atoms with Gasteiger partial charge in [0.15, 0.2) is 0 Å². The molecule has 17 heavy (non-hydrogen) atoms. The van der Waals surface area contributed by atoms with E-state index in [0.717, 1.165) is 12.6 Å². The molecule has 96 valence electrons. The van der Waals surface area contributed by atoms with Crippen LogP contribution in [0.2, 0.25) is 0 Å². The van der Waals surface area contributed by atoms with Gasteiger partial charge >= 0.3 is 0 Å². The minimum absolute atomic E-state index is 0.727. The second-order valence-corrected chi connectivity index (χ2v) is 6.38. The first-order valence-electron chi connectivity index (χ1n) is 6.79. The van der Waals surface area contributed by atoms with Crippen LogP contribution in [0.15, 0.2) is 12.1 Å². The Morgan fingerprint density at radius 1 is 1.35 bits per heavy atom. The van der Waals surface area contributed by atoms with E-state index in [-0.39, 0.29) is 0 Å². The molecule has 2 nitrogen and oxygen atoms in total. The van der Waals surface area contributed by atoms with Gasteiger partial charge in [-0.1, -0.05) is 6.92 Å². The number of nitrogens with zero attached hydrogens (tertiary/aromatic N) is 1. The quantitative estimate of drug-likeness (QED) is 0.866. The molecule has 0 aromatic carbocycles. The summed E-state index contributed by atoms with van der Waals surface area (Å²) in [6, 6.07) is 5.19. The van der Waals surface area contributed by atoms with E-state index in [9.17, 15) is 0 Å². The monoisotopic (exact) mass is 252 g/mol. The summed E-state index contributed by atoms with van der Waals surface area (Å²) >= 11 is 1.91. The standard InChI is InChI=1S/C14H24N2S/c1-3-8-16-9-6-13(7-10-16)15-11-14-5-4-12(2)17-14/h4-5,13,15H,3,6-11H2,1-2H3. The maximum absolute atomic E-state index is 3.70. The van der Waals surface area contributed by atoms with Gasteiger partial charge in [-0.2, -0.15) is 0 Å². The van der Waals surface area contributed by atoms with Crippen LogP contribution in [0, 0.1) is 6.92 Å². The Labute approximate surface area is 109 Å². The molecular formula is C14H24N2S. The molecule has 1 aliphatic heterocycles. The third kappa shape index (κ3) is 4.09. The lowest BCUT2D eigenvalue weighted by atomic mass is 10.0. The second kappa shape index (κ2) is 6.53. The molecule has 1 saturated heterocycles. The van der Waals surface area contributed by atoms with Crippen LogP contribution >= 0.6 is 11.3 Å². The zero-order chi connectivity index (χ0) is 12.1. The van der Waals surface area contributed by atoms with Gasteiger partial charge in [-0.05, 0) is 58.0 Å². The van der Waals surface area contributed by atoms with Crippen LogP contribution < -0.4 is 5.32 Å².